The summed E-state index contributed by atoms with van der Waals surface area (Å²) in [6.07, 6.45) is 1.52. The van der Waals surface area contributed by atoms with E-state index in [1.165, 1.54) is 4.90 Å². The van der Waals surface area contributed by atoms with Gasteiger partial charge in [-0.25, -0.2) is 9.98 Å². The van der Waals surface area contributed by atoms with Crippen molar-refractivity contribution in [2.45, 2.75) is 40.2 Å². The van der Waals surface area contributed by atoms with Crippen molar-refractivity contribution in [3.63, 3.8) is 0 Å². The predicted octanol–water partition coefficient (Wildman–Crippen LogP) is 3.04. The van der Waals surface area contributed by atoms with Crippen molar-refractivity contribution in [3.05, 3.63) is 52.7 Å². The van der Waals surface area contributed by atoms with E-state index in [4.69, 9.17) is 4.42 Å². The molecule has 30 heavy (non-hydrogen) atoms. The minimum absolute atomic E-state index is 0. The number of guanidine groups is 1. The zero-order valence-electron chi connectivity index (χ0n) is 17.5. The van der Waals surface area contributed by atoms with E-state index in [0.29, 0.717) is 42.6 Å². The molecule has 9 heteroatoms. The molecular formula is C21H28IN5O3. The fraction of sp³-hybridized carbons (Fsp3) is 0.429. The minimum atomic E-state index is -0.204. The Bertz CT molecular complexity index is 871. The van der Waals surface area contributed by atoms with Gasteiger partial charge in [-0.1, -0.05) is 12.1 Å². The molecular weight excluding hydrogens is 497 g/mol. The zero-order chi connectivity index (χ0) is 20.8. The summed E-state index contributed by atoms with van der Waals surface area (Å²) in [5, 5.41) is 6.44. The molecule has 0 bridgehead atoms. The molecule has 2 heterocycles. The molecule has 0 spiro atoms. The van der Waals surface area contributed by atoms with Crippen LogP contribution in [0.25, 0.3) is 0 Å². The normalized spacial score (nSPS) is 13.3. The Morgan fingerprint density at radius 2 is 1.77 bits per heavy atom. The molecule has 2 aromatic rings. The largest absolute Gasteiger partial charge is 0.444 e. The van der Waals surface area contributed by atoms with E-state index < -0.39 is 0 Å². The average Bonchev–Trinajstić information content (AvgIpc) is 3.16. The molecule has 3 rings (SSSR count). The van der Waals surface area contributed by atoms with E-state index in [1.54, 1.807) is 24.3 Å². The van der Waals surface area contributed by atoms with Crippen LogP contribution in [0.2, 0.25) is 0 Å². The van der Waals surface area contributed by atoms with Crippen molar-refractivity contribution in [1.82, 2.24) is 20.5 Å². The van der Waals surface area contributed by atoms with Gasteiger partial charge in [-0.05, 0) is 45.7 Å². The Morgan fingerprint density at radius 1 is 1.10 bits per heavy atom. The summed E-state index contributed by atoms with van der Waals surface area (Å²) in [5.41, 5.74) is 1.87. The molecule has 2 N–H and O–H groups in total. The van der Waals surface area contributed by atoms with Crippen molar-refractivity contribution >= 4 is 41.8 Å². The van der Waals surface area contributed by atoms with Crippen LogP contribution in [0.5, 0.6) is 0 Å². The van der Waals surface area contributed by atoms with Crippen LogP contribution in [-0.4, -0.2) is 47.3 Å². The highest BCUT2D eigenvalue weighted by Crippen LogP contribution is 2.22. The highest BCUT2D eigenvalue weighted by atomic mass is 127. The lowest BCUT2D eigenvalue weighted by molar-refractivity contribution is 0.0652. The summed E-state index contributed by atoms with van der Waals surface area (Å²) < 4.78 is 5.55. The third-order valence-corrected chi connectivity index (χ3v) is 4.77. The summed E-state index contributed by atoms with van der Waals surface area (Å²) in [4.78, 5) is 34.9. The van der Waals surface area contributed by atoms with E-state index in [-0.39, 0.29) is 35.8 Å². The molecule has 0 atom stereocenters. The molecule has 2 amide bonds. The van der Waals surface area contributed by atoms with E-state index in [0.717, 1.165) is 30.8 Å². The van der Waals surface area contributed by atoms with E-state index in [9.17, 15) is 9.59 Å². The summed E-state index contributed by atoms with van der Waals surface area (Å²) in [6.45, 7) is 7.98. The number of nitrogens with zero attached hydrogens (tertiary/aromatic N) is 3. The first-order chi connectivity index (χ1) is 14.0. The molecule has 1 aromatic carbocycles. The standard InChI is InChI=1S/C21H27N5O3.HI/c1-4-22-21(24-13-18-25-14(2)15(3)29-18)23-11-7-8-12-26-19(27)16-9-5-6-10-17(16)20(26)28;/h5-6,9-10H,4,7-8,11-13H2,1-3H3,(H2,22,23,24);1H. The Balaban J connectivity index is 0.00000320. The van der Waals surface area contributed by atoms with Gasteiger partial charge < -0.3 is 15.1 Å². The van der Waals surface area contributed by atoms with E-state index >= 15 is 0 Å². The van der Waals surface area contributed by atoms with Crippen LogP contribution in [0, 0.1) is 13.8 Å². The van der Waals surface area contributed by atoms with Crippen molar-refractivity contribution < 1.29 is 14.0 Å². The Labute approximate surface area is 193 Å². The molecule has 0 saturated carbocycles. The van der Waals surface area contributed by atoms with Crippen molar-refractivity contribution in [2.24, 2.45) is 4.99 Å². The predicted molar refractivity (Wildman–Crippen MR) is 125 cm³/mol. The van der Waals surface area contributed by atoms with Crippen LogP contribution in [0.15, 0.2) is 33.7 Å². The number of fused-ring (bicyclic) bond motifs is 1. The van der Waals surface area contributed by atoms with Crippen molar-refractivity contribution in [3.8, 4) is 0 Å². The van der Waals surface area contributed by atoms with Gasteiger partial charge in [-0.3, -0.25) is 14.5 Å². The maximum atomic E-state index is 12.4. The lowest BCUT2D eigenvalue weighted by atomic mass is 10.1. The summed E-state index contributed by atoms with van der Waals surface area (Å²) in [5.74, 6) is 1.67. The van der Waals surface area contributed by atoms with Crippen LogP contribution in [0.3, 0.4) is 0 Å². The van der Waals surface area contributed by atoms with Gasteiger partial charge in [0.1, 0.15) is 12.3 Å². The number of hydrogen-bond donors (Lipinski definition) is 2. The Kier molecular flexibility index (Phi) is 8.82. The molecule has 8 nitrogen and oxygen atoms in total. The van der Waals surface area contributed by atoms with Gasteiger partial charge in [0.2, 0.25) is 5.89 Å². The number of oxazole rings is 1. The first-order valence-corrected chi connectivity index (χ1v) is 9.91. The van der Waals surface area contributed by atoms with Crippen molar-refractivity contribution in [1.29, 1.82) is 0 Å². The second kappa shape index (κ2) is 11.1. The molecule has 0 saturated heterocycles. The van der Waals surface area contributed by atoms with Gasteiger partial charge in [0.15, 0.2) is 5.96 Å². The van der Waals surface area contributed by atoms with Gasteiger partial charge in [0.25, 0.3) is 11.8 Å². The number of carbonyl (C=O) groups excluding carboxylic acids is 2. The third-order valence-electron chi connectivity index (χ3n) is 4.77. The molecule has 0 aliphatic carbocycles. The molecule has 0 unspecified atom stereocenters. The smallest absolute Gasteiger partial charge is 0.261 e. The third kappa shape index (κ3) is 5.59. The second-order valence-electron chi connectivity index (χ2n) is 6.89. The number of imide groups is 1. The Hall–Kier alpha value is -2.43. The maximum Gasteiger partial charge on any atom is 0.261 e. The highest BCUT2D eigenvalue weighted by Gasteiger charge is 2.34. The van der Waals surface area contributed by atoms with E-state index in [1.807, 2.05) is 20.8 Å². The van der Waals surface area contributed by atoms with Crippen LogP contribution < -0.4 is 10.6 Å². The lowest BCUT2D eigenvalue weighted by Gasteiger charge is -2.14. The molecule has 1 aromatic heterocycles. The summed E-state index contributed by atoms with van der Waals surface area (Å²) in [7, 11) is 0. The van der Waals surface area contributed by atoms with Crippen LogP contribution >= 0.6 is 24.0 Å². The number of carbonyl (C=O) groups is 2. The Morgan fingerprint density at radius 3 is 2.33 bits per heavy atom. The van der Waals surface area contributed by atoms with Crippen LogP contribution in [0.1, 0.15) is 57.8 Å². The van der Waals surface area contributed by atoms with Gasteiger partial charge in [0, 0.05) is 19.6 Å². The number of hydrogen-bond acceptors (Lipinski definition) is 5. The number of amides is 2. The fourth-order valence-electron chi connectivity index (χ4n) is 3.14. The summed E-state index contributed by atoms with van der Waals surface area (Å²) in [6, 6.07) is 6.96. The average molecular weight is 525 g/mol. The number of unbranched alkanes of at least 4 members (excludes halogenated alkanes) is 1. The monoisotopic (exact) mass is 525 g/mol. The van der Waals surface area contributed by atoms with Crippen LogP contribution in [0.4, 0.5) is 0 Å². The van der Waals surface area contributed by atoms with Gasteiger partial charge in [0.05, 0.1) is 16.8 Å². The highest BCUT2D eigenvalue weighted by molar-refractivity contribution is 14.0. The number of rotatable bonds is 8. The van der Waals surface area contributed by atoms with Gasteiger partial charge >= 0.3 is 0 Å². The number of aromatic nitrogens is 1. The first kappa shape index (κ1) is 23.8. The first-order valence-electron chi connectivity index (χ1n) is 9.91. The number of aliphatic imine (C=N–C) groups is 1. The lowest BCUT2D eigenvalue weighted by Crippen LogP contribution is -2.38. The van der Waals surface area contributed by atoms with Crippen molar-refractivity contribution in [2.75, 3.05) is 19.6 Å². The molecule has 0 radical (unpaired) electrons. The number of aryl methyl sites for hydroxylation is 2. The number of halogens is 1. The fourth-order valence-corrected chi connectivity index (χ4v) is 3.14. The second-order valence-corrected chi connectivity index (χ2v) is 6.89. The summed E-state index contributed by atoms with van der Waals surface area (Å²) >= 11 is 0. The number of benzene rings is 1. The topological polar surface area (TPSA) is 99.8 Å². The van der Waals surface area contributed by atoms with E-state index in [2.05, 4.69) is 20.6 Å². The quantitative estimate of drug-likeness (QED) is 0.181. The maximum absolute atomic E-state index is 12.4. The number of nitrogens with one attached hydrogen (secondary N) is 2. The SMILES string of the molecule is CCNC(=NCc1nc(C)c(C)o1)NCCCCN1C(=O)c2ccccc2C1=O.I. The van der Waals surface area contributed by atoms with Crippen LogP contribution in [-0.2, 0) is 6.54 Å². The molecule has 162 valence electrons. The molecule has 1 aliphatic heterocycles. The van der Waals surface area contributed by atoms with Gasteiger partial charge in [-0.2, -0.15) is 0 Å². The zero-order valence-corrected chi connectivity index (χ0v) is 19.9. The molecule has 1 aliphatic rings. The molecule has 0 fully saturated rings. The van der Waals surface area contributed by atoms with Gasteiger partial charge in [-0.15, -0.1) is 24.0 Å². The minimum Gasteiger partial charge on any atom is -0.444 e.